The van der Waals surface area contributed by atoms with Crippen molar-refractivity contribution in [2.45, 2.75) is 13.1 Å². The molecule has 1 amide bonds. The zero-order chi connectivity index (χ0) is 17.4. The summed E-state index contributed by atoms with van der Waals surface area (Å²) in [7, 11) is 0. The first-order valence-corrected chi connectivity index (χ1v) is 8.52. The van der Waals surface area contributed by atoms with Crippen LogP contribution in [0.3, 0.4) is 0 Å². The molecule has 0 fully saturated rings. The quantitative estimate of drug-likeness (QED) is 0.670. The fraction of sp³-hybridized carbons (Fsp3) is 0.0952. The van der Waals surface area contributed by atoms with Gasteiger partial charge >= 0.3 is 0 Å². The van der Waals surface area contributed by atoms with Gasteiger partial charge in [-0.2, -0.15) is 0 Å². The zero-order valence-electron chi connectivity index (χ0n) is 13.7. The molecule has 0 saturated heterocycles. The lowest BCUT2D eigenvalue weighted by Crippen LogP contribution is -2.43. The summed E-state index contributed by atoms with van der Waals surface area (Å²) in [4.78, 5) is 15.0. The van der Waals surface area contributed by atoms with Crippen LogP contribution < -0.4 is 10.2 Å². The smallest absolute Gasteiger partial charge is 0.262 e. The van der Waals surface area contributed by atoms with Crippen LogP contribution in [0.15, 0.2) is 72.8 Å². The van der Waals surface area contributed by atoms with Crippen LogP contribution in [0.5, 0.6) is 0 Å². The van der Waals surface area contributed by atoms with Crippen molar-refractivity contribution < 1.29 is 4.79 Å². The number of fused-ring (bicyclic) bond motifs is 1. The van der Waals surface area contributed by atoms with Gasteiger partial charge in [-0.1, -0.05) is 53.6 Å². The van der Waals surface area contributed by atoms with E-state index < -0.39 is 0 Å². The van der Waals surface area contributed by atoms with Gasteiger partial charge in [-0.3, -0.25) is 9.69 Å². The molecule has 1 heterocycles. The van der Waals surface area contributed by atoms with Crippen molar-refractivity contribution in [3.8, 4) is 0 Å². The van der Waals surface area contributed by atoms with Crippen molar-refractivity contribution >= 4 is 28.9 Å². The summed E-state index contributed by atoms with van der Waals surface area (Å²) >= 11 is 6.02. The van der Waals surface area contributed by atoms with Crippen LogP contribution in [-0.2, 0) is 0 Å². The van der Waals surface area contributed by atoms with Crippen LogP contribution in [-0.4, -0.2) is 5.91 Å². The van der Waals surface area contributed by atoms with E-state index in [1.165, 1.54) is 5.56 Å². The van der Waals surface area contributed by atoms with Crippen LogP contribution in [0.2, 0.25) is 5.02 Å². The van der Waals surface area contributed by atoms with E-state index in [2.05, 4.69) is 36.5 Å². The molecule has 1 N–H and O–H groups in total. The number of carbonyl (C=O) groups excluding carboxylic acids is 1. The molecule has 0 unspecified atom stereocenters. The lowest BCUT2D eigenvalue weighted by Gasteiger charge is -2.38. The molecule has 0 spiro atoms. The molecule has 0 saturated carbocycles. The highest BCUT2D eigenvalue weighted by Gasteiger charge is 2.33. The predicted octanol–water partition coefficient (Wildman–Crippen LogP) is 5.42. The summed E-state index contributed by atoms with van der Waals surface area (Å²) in [6.07, 6.45) is -0.274. The third-order valence-electron chi connectivity index (χ3n) is 4.42. The largest absolute Gasteiger partial charge is 0.360 e. The second kappa shape index (κ2) is 6.26. The number of halogens is 1. The van der Waals surface area contributed by atoms with Gasteiger partial charge in [0.25, 0.3) is 5.91 Å². The van der Waals surface area contributed by atoms with E-state index in [0.717, 1.165) is 16.9 Å². The normalized spacial score (nSPS) is 16.3. The van der Waals surface area contributed by atoms with Gasteiger partial charge in [0.2, 0.25) is 0 Å². The number of anilines is 2. The molecule has 1 aliphatic heterocycles. The van der Waals surface area contributed by atoms with Crippen LogP contribution in [0, 0.1) is 6.92 Å². The van der Waals surface area contributed by atoms with E-state index in [-0.39, 0.29) is 12.1 Å². The molecule has 4 heteroatoms. The fourth-order valence-electron chi connectivity index (χ4n) is 3.10. The highest BCUT2D eigenvalue weighted by Crippen LogP contribution is 2.36. The van der Waals surface area contributed by atoms with Gasteiger partial charge < -0.3 is 5.32 Å². The number of aryl methyl sites for hydroxylation is 1. The predicted molar refractivity (Wildman–Crippen MR) is 102 cm³/mol. The SMILES string of the molecule is Cc1ccc([C@H]2Nc3ccccc3C(=O)N2c2ccc(Cl)cc2)cc1. The van der Waals surface area contributed by atoms with Crippen LogP contribution in [0.1, 0.15) is 27.7 Å². The minimum atomic E-state index is -0.274. The van der Waals surface area contributed by atoms with Gasteiger partial charge in [0.15, 0.2) is 0 Å². The molecule has 3 aromatic rings. The number of para-hydroxylation sites is 1. The Morgan fingerprint density at radius 1 is 0.920 bits per heavy atom. The average Bonchev–Trinajstić information content (AvgIpc) is 2.63. The number of carbonyl (C=O) groups is 1. The minimum Gasteiger partial charge on any atom is -0.360 e. The molecule has 4 rings (SSSR count). The fourth-order valence-corrected chi connectivity index (χ4v) is 3.23. The summed E-state index contributed by atoms with van der Waals surface area (Å²) in [6, 6.07) is 23.2. The Morgan fingerprint density at radius 3 is 2.32 bits per heavy atom. The van der Waals surface area contributed by atoms with E-state index in [1.807, 2.05) is 36.4 Å². The molecular formula is C21H17ClN2O. The Hall–Kier alpha value is -2.78. The summed E-state index contributed by atoms with van der Waals surface area (Å²) < 4.78 is 0. The van der Waals surface area contributed by atoms with Crippen molar-refractivity contribution in [3.05, 3.63) is 94.5 Å². The molecule has 0 aliphatic carbocycles. The monoisotopic (exact) mass is 348 g/mol. The third-order valence-corrected chi connectivity index (χ3v) is 4.68. The number of nitrogens with zero attached hydrogens (tertiary/aromatic N) is 1. The van der Waals surface area contributed by atoms with E-state index in [9.17, 15) is 4.79 Å². The topological polar surface area (TPSA) is 32.3 Å². The first-order chi connectivity index (χ1) is 12.1. The number of benzene rings is 3. The van der Waals surface area contributed by atoms with E-state index in [1.54, 1.807) is 17.0 Å². The molecule has 25 heavy (non-hydrogen) atoms. The van der Waals surface area contributed by atoms with Gasteiger partial charge in [-0.15, -0.1) is 0 Å². The van der Waals surface area contributed by atoms with E-state index in [4.69, 9.17) is 11.6 Å². The molecule has 1 atom stereocenters. The van der Waals surface area contributed by atoms with Crippen LogP contribution >= 0.6 is 11.6 Å². The summed E-state index contributed by atoms with van der Waals surface area (Å²) in [6.45, 7) is 2.05. The molecule has 0 radical (unpaired) electrons. The Labute approximate surface area is 151 Å². The number of rotatable bonds is 2. The number of hydrogen-bond acceptors (Lipinski definition) is 2. The van der Waals surface area contributed by atoms with Crippen molar-refractivity contribution in [1.82, 2.24) is 0 Å². The number of nitrogens with one attached hydrogen (secondary N) is 1. The first kappa shape index (κ1) is 15.7. The maximum atomic E-state index is 13.2. The van der Waals surface area contributed by atoms with E-state index in [0.29, 0.717) is 10.6 Å². The van der Waals surface area contributed by atoms with Crippen LogP contribution in [0.4, 0.5) is 11.4 Å². The van der Waals surface area contributed by atoms with Crippen LogP contribution in [0.25, 0.3) is 0 Å². The Morgan fingerprint density at radius 2 is 1.60 bits per heavy atom. The van der Waals surface area contributed by atoms with Crippen molar-refractivity contribution in [1.29, 1.82) is 0 Å². The van der Waals surface area contributed by atoms with Gasteiger partial charge in [0, 0.05) is 16.4 Å². The average molecular weight is 349 g/mol. The molecular weight excluding hydrogens is 332 g/mol. The van der Waals surface area contributed by atoms with Crippen molar-refractivity contribution in [2.75, 3.05) is 10.2 Å². The summed E-state index contributed by atoms with van der Waals surface area (Å²) in [5.41, 5.74) is 4.54. The Balaban J connectivity index is 1.85. The lowest BCUT2D eigenvalue weighted by molar-refractivity contribution is 0.0975. The van der Waals surface area contributed by atoms with Crippen molar-refractivity contribution in [2.24, 2.45) is 0 Å². The molecule has 3 nitrogen and oxygen atoms in total. The number of amides is 1. The standard InChI is InChI=1S/C21H17ClN2O/c1-14-6-8-15(9-7-14)20-23-19-5-3-2-4-18(19)21(25)24(20)17-12-10-16(22)11-13-17/h2-13,20,23H,1H3/t20-/m0/s1. The maximum absolute atomic E-state index is 13.2. The Bertz CT molecular complexity index is 919. The van der Waals surface area contributed by atoms with Gasteiger partial charge in [-0.25, -0.2) is 0 Å². The second-order valence-corrected chi connectivity index (χ2v) is 6.59. The molecule has 0 bridgehead atoms. The Kier molecular flexibility index (Phi) is 3.94. The minimum absolute atomic E-state index is 0.0257. The van der Waals surface area contributed by atoms with Crippen molar-refractivity contribution in [3.63, 3.8) is 0 Å². The number of hydrogen-bond donors (Lipinski definition) is 1. The first-order valence-electron chi connectivity index (χ1n) is 8.15. The van der Waals surface area contributed by atoms with E-state index >= 15 is 0 Å². The zero-order valence-corrected chi connectivity index (χ0v) is 14.5. The van der Waals surface area contributed by atoms with Gasteiger partial charge in [0.05, 0.1) is 5.56 Å². The molecule has 124 valence electrons. The highest BCUT2D eigenvalue weighted by molar-refractivity contribution is 6.30. The summed E-state index contributed by atoms with van der Waals surface area (Å²) in [5.74, 6) is -0.0257. The molecule has 1 aliphatic rings. The van der Waals surface area contributed by atoms with Gasteiger partial charge in [0.1, 0.15) is 6.17 Å². The molecule has 0 aromatic heterocycles. The third kappa shape index (κ3) is 2.87. The second-order valence-electron chi connectivity index (χ2n) is 6.15. The van der Waals surface area contributed by atoms with Gasteiger partial charge in [-0.05, 0) is 48.9 Å². The highest BCUT2D eigenvalue weighted by atomic mass is 35.5. The maximum Gasteiger partial charge on any atom is 0.262 e. The lowest BCUT2D eigenvalue weighted by atomic mass is 10.0. The summed E-state index contributed by atoms with van der Waals surface area (Å²) in [5, 5.41) is 4.15. The molecule has 3 aromatic carbocycles.